The highest BCUT2D eigenvalue weighted by Gasteiger charge is 2.30. The monoisotopic (exact) mass is 296 g/mol. The number of halogens is 1. The van der Waals surface area contributed by atoms with Gasteiger partial charge in [-0.05, 0) is 37.6 Å². The minimum Gasteiger partial charge on any atom is -0.289 e. The second-order valence-corrected chi connectivity index (χ2v) is 5.71. The highest BCUT2D eigenvalue weighted by atomic mass is 19.1. The normalized spacial score (nSPS) is 19.0. The molecule has 5 heteroatoms. The van der Waals surface area contributed by atoms with Gasteiger partial charge in [-0.3, -0.25) is 9.30 Å². The molecule has 1 aromatic carbocycles. The summed E-state index contributed by atoms with van der Waals surface area (Å²) in [5.74, 6) is 0.809. The van der Waals surface area contributed by atoms with Crippen LogP contribution in [-0.4, -0.2) is 26.0 Å². The first-order valence-corrected chi connectivity index (χ1v) is 7.60. The molecular weight excluding hydrogens is 279 g/mol. The van der Waals surface area contributed by atoms with Crippen molar-refractivity contribution in [3.63, 3.8) is 0 Å². The minimum absolute atomic E-state index is 0.140. The van der Waals surface area contributed by atoms with E-state index in [4.69, 9.17) is 0 Å². The van der Waals surface area contributed by atoms with Crippen molar-refractivity contribution in [3.8, 4) is 0 Å². The van der Waals surface area contributed by atoms with Crippen molar-refractivity contribution in [2.24, 2.45) is 0 Å². The fourth-order valence-corrected chi connectivity index (χ4v) is 3.24. The number of hydrogen-bond acceptors (Lipinski definition) is 3. The lowest BCUT2D eigenvalue weighted by Crippen LogP contribution is -2.24. The SMILES string of the molecule is Fc1ccccc1CN1CCC[C@@H]1c1nnc2ccccn12. The van der Waals surface area contributed by atoms with Crippen molar-refractivity contribution < 1.29 is 4.39 Å². The van der Waals surface area contributed by atoms with Crippen LogP contribution in [0.2, 0.25) is 0 Å². The third-order valence-electron chi connectivity index (χ3n) is 4.33. The fraction of sp³-hybridized carbons (Fsp3) is 0.294. The van der Waals surface area contributed by atoms with Gasteiger partial charge in [0.25, 0.3) is 0 Å². The van der Waals surface area contributed by atoms with Crippen LogP contribution in [0.1, 0.15) is 30.3 Å². The first kappa shape index (κ1) is 13.4. The molecule has 1 saturated heterocycles. The fourth-order valence-electron chi connectivity index (χ4n) is 3.24. The average Bonchev–Trinajstić information content (AvgIpc) is 3.16. The summed E-state index contributed by atoms with van der Waals surface area (Å²) < 4.78 is 15.9. The van der Waals surface area contributed by atoms with Crippen LogP contribution in [0.3, 0.4) is 0 Å². The molecule has 0 N–H and O–H groups in total. The van der Waals surface area contributed by atoms with Gasteiger partial charge in [-0.1, -0.05) is 24.3 Å². The molecule has 0 radical (unpaired) electrons. The summed E-state index contributed by atoms with van der Waals surface area (Å²) in [5, 5.41) is 8.60. The van der Waals surface area contributed by atoms with Crippen LogP contribution in [-0.2, 0) is 6.54 Å². The minimum atomic E-state index is -0.140. The van der Waals surface area contributed by atoms with E-state index in [2.05, 4.69) is 15.1 Å². The Bertz CT molecular complexity index is 798. The molecule has 22 heavy (non-hydrogen) atoms. The van der Waals surface area contributed by atoms with E-state index in [9.17, 15) is 4.39 Å². The van der Waals surface area contributed by atoms with Gasteiger partial charge >= 0.3 is 0 Å². The largest absolute Gasteiger partial charge is 0.289 e. The number of likely N-dealkylation sites (tertiary alicyclic amines) is 1. The lowest BCUT2D eigenvalue weighted by Gasteiger charge is -2.23. The Morgan fingerprint density at radius 1 is 1.09 bits per heavy atom. The predicted octanol–water partition coefficient (Wildman–Crippen LogP) is 3.21. The van der Waals surface area contributed by atoms with Gasteiger partial charge in [0.15, 0.2) is 11.5 Å². The molecule has 0 unspecified atom stereocenters. The summed E-state index contributed by atoms with van der Waals surface area (Å²) in [6.07, 6.45) is 4.12. The third-order valence-corrected chi connectivity index (χ3v) is 4.33. The molecule has 3 aromatic rings. The number of fused-ring (bicyclic) bond motifs is 1. The van der Waals surface area contributed by atoms with Crippen LogP contribution in [0.15, 0.2) is 48.7 Å². The zero-order valence-electron chi connectivity index (χ0n) is 12.2. The second-order valence-electron chi connectivity index (χ2n) is 5.71. The van der Waals surface area contributed by atoms with Gasteiger partial charge in [-0.15, -0.1) is 10.2 Å². The highest BCUT2D eigenvalue weighted by Crippen LogP contribution is 2.32. The van der Waals surface area contributed by atoms with Crippen molar-refractivity contribution >= 4 is 5.65 Å². The Balaban J connectivity index is 1.65. The molecule has 3 heterocycles. The van der Waals surface area contributed by atoms with Crippen LogP contribution in [0, 0.1) is 5.82 Å². The summed E-state index contributed by atoms with van der Waals surface area (Å²) >= 11 is 0. The van der Waals surface area contributed by atoms with Crippen molar-refractivity contribution in [1.29, 1.82) is 0 Å². The van der Waals surface area contributed by atoms with Gasteiger partial charge < -0.3 is 0 Å². The van der Waals surface area contributed by atoms with Crippen molar-refractivity contribution in [3.05, 3.63) is 65.9 Å². The topological polar surface area (TPSA) is 33.4 Å². The zero-order chi connectivity index (χ0) is 14.9. The molecule has 112 valence electrons. The van der Waals surface area contributed by atoms with Crippen molar-refractivity contribution in [2.75, 3.05) is 6.54 Å². The first-order chi connectivity index (χ1) is 10.8. The number of hydrogen-bond donors (Lipinski definition) is 0. The standard InChI is InChI=1S/C17H17FN4/c18-14-7-2-1-6-13(14)12-21-10-5-8-15(21)17-20-19-16-9-3-4-11-22(16)17/h1-4,6-7,9,11,15H,5,8,10,12H2/t15-/m1/s1. The van der Waals surface area contributed by atoms with E-state index < -0.39 is 0 Å². The molecule has 4 rings (SSSR count). The van der Waals surface area contributed by atoms with E-state index in [1.54, 1.807) is 6.07 Å². The van der Waals surface area contributed by atoms with Crippen molar-refractivity contribution in [2.45, 2.75) is 25.4 Å². The molecule has 1 aliphatic rings. The Labute approximate surface area is 128 Å². The van der Waals surface area contributed by atoms with Crippen LogP contribution in [0.4, 0.5) is 4.39 Å². The molecule has 1 fully saturated rings. The summed E-state index contributed by atoms with van der Waals surface area (Å²) in [6, 6.07) is 13.1. The quantitative estimate of drug-likeness (QED) is 0.744. The lowest BCUT2D eigenvalue weighted by atomic mass is 10.1. The van der Waals surface area contributed by atoms with Crippen molar-refractivity contribution in [1.82, 2.24) is 19.5 Å². The van der Waals surface area contributed by atoms with Crippen LogP contribution >= 0.6 is 0 Å². The maximum absolute atomic E-state index is 13.9. The molecule has 1 atom stereocenters. The summed E-state index contributed by atoms with van der Waals surface area (Å²) in [5.41, 5.74) is 1.60. The maximum Gasteiger partial charge on any atom is 0.160 e. The van der Waals surface area contributed by atoms with E-state index in [-0.39, 0.29) is 11.9 Å². The van der Waals surface area contributed by atoms with E-state index in [0.717, 1.165) is 36.4 Å². The van der Waals surface area contributed by atoms with E-state index in [1.807, 2.05) is 40.9 Å². The maximum atomic E-state index is 13.9. The van der Waals surface area contributed by atoms with Gasteiger partial charge in [0.05, 0.1) is 6.04 Å². The predicted molar refractivity (Wildman–Crippen MR) is 81.8 cm³/mol. The van der Waals surface area contributed by atoms with Gasteiger partial charge in [-0.25, -0.2) is 4.39 Å². The zero-order valence-corrected chi connectivity index (χ0v) is 12.2. The van der Waals surface area contributed by atoms with Gasteiger partial charge in [-0.2, -0.15) is 0 Å². The van der Waals surface area contributed by atoms with E-state index >= 15 is 0 Å². The number of aromatic nitrogens is 3. The van der Waals surface area contributed by atoms with Crippen LogP contribution < -0.4 is 0 Å². The smallest absolute Gasteiger partial charge is 0.160 e. The van der Waals surface area contributed by atoms with Crippen LogP contribution in [0.25, 0.3) is 5.65 Å². The summed E-state index contributed by atoms with van der Waals surface area (Å²) in [6.45, 7) is 1.57. The summed E-state index contributed by atoms with van der Waals surface area (Å²) in [7, 11) is 0. The molecule has 1 aliphatic heterocycles. The highest BCUT2D eigenvalue weighted by molar-refractivity contribution is 5.37. The Morgan fingerprint density at radius 3 is 2.86 bits per heavy atom. The molecular formula is C17H17FN4. The third kappa shape index (κ3) is 2.27. The summed E-state index contributed by atoms with van der Waals surface area (Å²) in [4.78, 5) is 2.29. The number of benzene rings is 1. The second kappa shape index (κ2) is 5.50. The van der Waals surface area contributed by atoms with Gasteiger partial charge in [0.1, 0.15) is 5.82 Å². The molecule has 0 aliphatic carbocycles. The molecule has 0 amide bonds. The Hall–Kier alpha value is -2.27. The molecule has 0 spiro atoms. The van der Waals surface area contributed by atoms with Gasteiger partial charge in [0.2, 0.25) is 0 Å². The Kier molecular flexibility index (Phi) is 3.35. The lowest BCUT2D eigenvalue weighted by molar-refractivity contribution is 0.235. The molecule has 0 saturated carbocycles. The Morgan fingerprint density at radius 2 is 1.95 bits per heavy atom. The number of rotatable bonds is 3. The molecule has 2 aromatic heterocycles. The van der Waals surface area contributed by atoms with E-state index in [0.29, 0.717) is 6.54 Å². The first-order valence-electron chi connectivity index (χ1n) is 7.60. The number of nitrogens with zero attached hydrogens (tertiary/aromatic N) is 4. The molecule has 0 bridgehead atoms. The average molecular weight is 296 g/mol. The molecule has 4 nitrogen and oxygen atoms in total. The van der Waals surface area contributed by atoms with Gasteiger partial charge in [0, 0.05) is 18.3 Å². The van der Waals surface area contributed by atoms with E-state index in [1.165, 1.54) is 6.07 Å². The number of pyridine rings is 1. The van der Waals surface area contributed by atoms with Crippen LogP contribution in [0.5, 0.6) is 0 Å².